The van der Waals surface area contributed by atoms with Gasteiger partial charge in [-0.2, -0.15) is 0 Å². The van der Waals surface area contributed by atoms with Crippen LogP contribution in [0.2, 0.25) is 5.02 Å². The van der Waals surface area contributed by atoms with Crippen LogP contribution in [0.25, 0.3) is 0 Å². The van der Waals surface area contributed by atoms with Crippen molar-refractivity contribution >= 4 is 39.3 Å². The lowest BCUT2D eigenvalue weighted by Gasteiger charge is -2.22. The molecule has 9 heteroatoms. The van der Waals surface area contributed by atoms with Crippen molar-refractivity contribution in [1.82, 2.24) is 0 Å². The van der Waals surface area contributed by atoms with Gasteiger partial charge in [0.2, 0.25) is 10.0 Å². The second-order valence-electron chi connectivity index (χ2n) is 3.77. The highest BCUT2D eigenvalue weighted by Gasteiger charge is 2.24. The average Bonchev–Trinajstić information content (AvgIpc) is 2.36. The molecule has 0 saturated heterocycles. The summed E-state index contributed by atoms with van der Waals surface area (Å²) in [4.78, 5) is 21.8. The van der Waals surface area contributed by atoms with Gasteiger partial charge >= 0.3 is 11.9 Å². The van der Waals surface area contributed by atoms with E-state index in [1.165, 1.54) is 19.1 Å². The first kappa shape index (κ1) is 16.3. The maximum atomic E-state index is 11.9. The Morgan fingerprint density at radius 2 is 1.90 bits per heavy atom. The molecule has 0 atom stereocenters. The van der Waals surface area contributed by atoms with Gasteiger partial charge in [0.25, 0.3) is 0 Å². The van der Waals surface area contributed by atoms with Crippen molar-refractivity contribution in [3.05, 3.63) is 28.8 Å². The Labute approximate surface area is 120 Å². The normalized spacial score (nSPS) is 11.1. The van der Waals surface area contributed by atoms with Crippen molar-refractivity contribution in [2.24, 2.45) is 0 Å². The lowest BCUT2D eigenvalue weighted by molar-refractivity contribution is -0.135. The summed E-state index contributed by atoms with van der Waals surface area (Å²) in [5.41, 5.74) is -0.359. The minimum Gasteiger partial charge on any atom is -0.480 e. The maximum absolute atomic E-state index is 11.9. The predicted molar refractivity (Wildman–Crippen MR) is 72.9 cm³/mol. The Kier molecular flexibility index (Phi) is 4.96. The van der Waals surface area contributed by atoms with E-state index in [0.29, 0.717) is 4.31 Å². The van der Waals surface area contributed by atoms with E-state index in [1.54, 1.807) is 0 Å². The molecule has 0 heterocycles. The van der Waals surface area contributed by atoms with Gasteiger partial charge in [0, 0.05) is 0 Å². The lowest BCUT2D eigenvalue weighted by Crippen LogP contribution is -2.36. The number of rotatable bonds is 6. The summed E-state index contributed by atoms with van der Waals surface area (Å²) in [7, 11) is -3.85. The third-order valence-electron chi connectivity index (χ3n) is 2.45. The van der Waals surface area contributed by atoms with Crippen molar-refractivity contribution < 1.29 is 28.2 Å². The number of carbonyl (C=O) groups is 2. The van der Waals surface area contributed by atoms with Gasteiger partial charge in [0.15, 0.2) is 0 Å². The van der Waals surface area contributed by atoms with E-state index in [-0.39, 0.29) is 22.0 Å². The average molecular weight is 322 g/mol. The number of sulfonamides is 1. The molecule has 0 aliphatic carbocycles. The number of benzene rings is 1. The molecule has 1 aromatic carbocycles. The van der Waals surface area contributed by atoms with Gasteiger partial charge in [-0.15, -0.1) is 0 Å². The molecule has 0 radical (unpaired) electrons. The minimum absolute atomic E-state index is 0.0592. The summed E-state index contributed by atoms with van der Waals surface area (Å²) in [5, 5.41) is 17.7. The van der Waals surface area contributed by atoms with Crippen LogP contribution in [0.4, 0.5) is 5.69 Å². The third-order valence-corrected chi connectivity index (χ3v) is 4.52. The predicted octanol–water partition coefficient (Wildman–Crippen LogP) is 1.28. The van der Waals surface area contributed by atoms with Crippen molar-refractivity contribution in [2.75, 3.05) is 16.6 Å². The zero-order valence-corrected chi connectivity index (χ0v) is 12.0. The molecule has 0 aromatic heterocycles. The molecular weight excluding hydrogens is 310 g/mol. The van der Waals surface area contributed by atoms with E-state index >= 15 is 0 Å². The molecule has 1 rings (SSSR count). The first-order valence-corrected chi connectivity index (χ1v) is 7.42. The SMILES string of the molecule is CCS(=O)(=O)N(CC(=O)O)c1ccc(Cl)c(C(=O)O)c1. The molecule has 0 spiro atoms. The summed E-state index contributed by atoms with van der Waals surface area (Å²) < 4.78 is 24.4. The van der Waals surface area contributed by atoms with Crippen LogP contribution in [0.3, 0.4) is 0 Å². The summed E-state index contributed by atoms with van der Waals surface area (Å²) in [5.74, 6) is -3.00. The quantitative estimate of drug-likeness (QED) is 0.816. The molecule has 110 valence electrons. The smallest absolute Gasteiger partial charge is 0.337 e. The van der Waals surface area contributed by atoms with Crippen LogP contribution >= 0.6 is 11.6 Å². The Morgan fingerprint density at radius 3 is 2.35 bits per heavy atom. The number of halogens is 1. The van der Waals surface area contributed by atoms with E-state index in [4.69, 9.17) is 21.8 Å². The van der Waals surface area contributed by atoms with Crippen molar-refractivity contribution in [3.63, 3.8) is 0 Å². The van der Waals surface area contributed by atoms with Crippen molar-refractivity contribution in [2.45, 2.75) is 6.92 Å². The first-order chi connectivity index (χ1) is 9.19. The molecule has 2 N–H and O–H groups in total. The van der Waals surface area contributed by atoms with Crippen LogP contribution in [0.1, 0.15) is 17.3 Å². The lowest BCUT2D eigenvalue weighted by atomic mass is 10.2. The monoisotopic (exact) mass is 321 g/mol. The van der Waals surface area contributed by atoms with Gasteiger partial charge in [0.1, 0.15) is 6.54 Å². The summed E-state index contributed by atoms with van der Waals surface area (Å²) in [6, 6.07) is 3.49. The van der Waals surface area contributed by atoms with E-state index in [1.807, 2.05) is 0 Å². The second kappa shape index (κ2) is 6.10. The number of hydrogen-bond donors (Lipinski definition) is 2. The largest absolute Gasteiger partial charge is 0.480 e. The van der Waals surface area contributed by atoms with Crippen LogP contribution in [0.15, 0.2) is 18.2 Å². The Bertz CT molecular complexity index is 642. The van der Waals surface area contributed by atoms with Crippen LogP contribution in [0, 0.1) is 0 Å². The number of aliphatic carboxylic acids is 1. The van der Waals surface area contributed by atoms with Crippen LogP contribution in [0.5, 0.6) is 0 Å². The second-order valence-corrected chi connectivity index (χ2v) is 6.36. The Balaban J connectivity index is 3.39. The van der Waals surface area contributed by atoms with Crippen LogP contribution in [-0.2, 0) is 14.8 Å². The fraction of sp³-hybridized carbons (Fsp3) is 0.273. The molecule has 0 fully saturated rings. The number of anilines is 1. The van der Waals surface area contributed by atoms with E-state index in [9.17, 15) is 18.0 Å². The first-order valence-electron chi connectivity index (χ1n) is 5.44. The number of carboxylic acids is 2. The molecule has 20 heavy (non-hydrogen) atoms. The van der Waals surface area contributed by atoms with Gasteiger partial charge in [0.05, 0.1) is 22.0 Å². The molecule has 0 aliphatic heterocycles. The summed E-state index contributed by atoms with van der Waals surface area (Å²) in [6.45, 7) is 0.565. The van der Waals surface area contributed by atoms with Gasteiger partial charge in [-0.1, -0.05) is 11.6 Å². The standard InChI is InChI=1S/C11H12ClNO6S/c1-2-20(18,19)13(6-10(14)15)7-3-4-9(12)8(5-7)11(16)17/h3-5H,2,6H2,1H3,(H,14,15)(H,16,17). The third kappa shape index (κ3) is 3.61. The molecule has 0 bridgehead atoms. The highest BCUT2D eigenvalue weighted by molar-refractivity contribution is 7.92. The minimum atomic E-state index is -3.85. The molecule has 7 nitrogen and oxygen atoms in total. The van der Waals surface area contributed by atoms with Gasteiger partial charge in [-0.3, -0.25) is 9.10 Å². The van der Waals surface area contributed by atoms with Crippen molar-refractivity contribution in [1.29, 1.82) is 0 Å². The highest BCUT2D eigenvalue weighted by Crippen LogP contribution is 2.25. The molecule has 1 aromatic rings. The molecule has 0 saturated carbocycles. The Morgan fingerprint density at radius 1 is 1.30 bits per heavy atom. The highest BCUT2D eigenvalue weighted by atomic mass is 35.5. The topological polar surface area (TPSA) is 112 Å². The molecule has 0 unspecified atom stereocenters. The van der Waals surface area contributed by atoms with Crippen molar-refractivity contribution in [3.8, 4) is 0 Å². The van der Waals surface area contributed by atoms with E-state index in [2.05, 4.69) is 0 Å². The maximum Gasteiger partial charge on any atom is 0.337 e. The fourth-order valence-electron chi connectivity index (χ4n) is 1.46. The van der Waals surface area contributed by atoms with Gasteiger partial charge < -0.3 is 10.2 Å². The zero-order chi connectivity index (χ0) is 15.5. The Hall–Kier alpha value is -1.80. The zero-order valence-electron chi connectivity index (χ0n) is 10.4. The molecule has 0 amide bonds. The van der Waals surface area contributed by atoms with Crippen LogP contribution < -0.4 is 4.31 Å². The van der Waals surface area contributed by atoms with Gasteiger partial charge in [-0.25, -0.2) is 13.2 Å². The fourth-order valence-corrected chi connectivity index (χ4v) is 2.71. The summed E-state index contributed by atoms with van der Waals surface area (Å²) >= 11 is 5.68. The van der Waals surface area contributed by atoms with Gasteiger partial charge in [-0.05, 0) is 25.1 Å². The summed E-state index contributed by atoms with van der Waals surface area (Å²) in [6.07, 6.45) is 0. The van der Waals surface area contributed by atoms with E-state index in [0.717, 1.165) is 6.07 Å². The van der Waals surface area contributed by atoms with E-state index < -0.39 is 28.5 Å². The molecular formula is C11H12ClNO6S. The number of aromatic carboxylic acids is 1. The number of nitrogens with zero attached hydrogens (tertiary/aromatic N) is 1. The van der Waals surface area contributed by atoms with Crippen LogP contribution in [-0.4, -0.2) is 42.9 Å². The molecule has 0 aliphatic rings. The number of carboxylic acid groups (broad SMARTS) is 2. The number of hydrogen-bond acceptors (Lipinski definition) is 4.